The zero-order valence-electron chi connectivity index (χ0n) is 10.4. The molecule has 0 fully saturated rings. The molecular formula is C13H15ClN2OS. The minimum absolute atomic E-state index is 0.0454. The summed E-state index contributed by atoms with van der Waals surface area (Å²) >= 11 is 7.60. The van der Waals surface area contributed by atoms with Crippen LogP contribution in [0, 0.1) is 0 Å². The third-order valence-electron chi connectivity index (χ3n) is 2.92. The molecule has 3 nitrogen and oxygen atoms in total. The lowest BCUT2D eigenvalue weighted by Gasteiger charge is -2.05. The van der Waals surface area contributed by atoms with Crippen LogP contribution in [0.3, 0.4) is 0 Å². The summed E-state index contributed by atoms with van der Waals surface area (Å²) < 4.78 is 3.51. The van der Waals surface area contributed by atoms with E-state index in [1.165, 1.54) is 4.90 Å². The van der Waals surface area contributed by atoms with E-state index in [4.69, 9.17) is 11.6 Å². The SMILES string of the molecule is Cn1c(CCSc2ccc(Cl)cc2)cc(=O)n1C. The number of benzene rings is 1. The molecule has 96 valence electrons. The highest BCUT2D eigenvalue weighted by Crippen LogP contribution is 2.21. The molecule has 1 heterocycles. The van der Waals surface area contributed by atoms with Crippen LogP contribution >= 0.6 is 23.4 Å². The predicted molar refractivity (Wildman–Crippen MR) is 76.5 cm³/mol. The fourth-order valence-electron chi connectivity index (χ4n) is 1.71. The van der Waals surface area contributed by atoms with Gasteiger partial charge in [0.1, 0.15) is 0 Å². The normalized spacial score (nSPS) is 10.8. The molecule has 0 bridgehead atoms. The smallest absolute Gasteiger partial charge is 0.266 e. The van der Waals surface area contributed by atoms with Gasteiger partial charge < -0.3 is 0 Å². The Balaban J connectivity index is 1.94. The Morgan fingerprint density at radius 3 is 2.39 bits per heavy atom. The van der Waals surface area contributed by atoms with Crippen LogP contribution in [0.1, 0.15) is 5.69 Å². The van der Waals surface area contributed by atoms with Crippen molar-refractivity contribution in [3.8, 4) is 0 Å². The Morgan fingerprint density at radius 1 is 1.17 bits per heavy atom. The van der Waals surface area contributed by atoms with E-state index in [1.807, 2.05) is 36.0 Å². The van der Waals surface area contributed by atoms with Crippen molar-refractivity contribution in [2.75, 3.05) is 5.75 Å². The molecule has 0 unspecified atom stereocenters. The van der Waals surface area contributed by atoms with Crippen molar-refractivity contribution in [1.82, 2.24) is 9.36 Å². The monoisotopic (exact) mass is 282 g/mol. The van der Waals surface area contributed by atoms with E-state index in [2.05, 4.69) is 0 Å². The summed E-state index contributed by atoms with van der Waals surface area (Å²) in [6.07, 6.45) is 0.875. The summed E-state index contributed by atoms with van der Waals surface area (Å²) in [5.74, 6) is 0.943. The Bertz CT molecular complexity index is 586. The number of nitrogens with zero attached hydrogens (tertiary/aromatic N) is 2. The van der Waals surface area contributed by atoms with E-state index in [1.54, 1.807) is 29.6 Å². The van der Waals surface area contributed by atoms with Crippen LogP contribution in [0.2, 0.25) is 5.02 Å². The van der Waals surface area contributed by atoms with Crippen molar-refractivity contribution in [2.24, 2.45) is 14.1 Å². The summed E-state index contributed by atoms with van der Waals surface area (Å²) in [6.45, 7) is 0. The van der Waals surface area contributed by atoms with Crippen LogP contribution in [0.15, 0.2) is 40.0 Å². The first-order valence-electron chi connectivity index (χ1n) is 5.68. The van der Waals surface area contributed by atoms with Crippen molar-refractivity contribution in [3.05, 3.63) is 51.4 Å². The molecule has 0 aliphatic carbocycles. The van der Waals surface area contributed by atoms with Gasteiger partial charge in [0, 0.05) is 41.5 Å². The molecule has 0 aliphatic rings. The number of halogens is 1. The van der Waals surface area contributed by atoms with Crippen LogP contribution in [-0.2, 0) is 20.5 Å². The number of thioether (sulfide) groups is 1. The third kappa shape index (κ3) is 3.00. The van der Waals surface area contributed by atoms with Gasteiger partial charge in [0.2, 0.25) is 0 Å². The highest BCUT2D eigenvalue weighted by atomic mass is 35.5. The van der Waals surface area contributed by atoms with Crippen LogP contribution in [0.5, 0.6) is 0 Å². The van der Waals surface area contributed by atoms with Crippen molar-refractivity contribution in [3.63, 3.8) is 0 Å². The molecule has 0 amide bonds. The molecule has 0 saturated carbocycles. The number of aromatic nitrogens is 2. The molecule has 0 spiro atoms. The Kier molecular flexibility index (Phi) is 4.19. The lowest BCUT2D eigenvalue weighted by Crippen LogP contribution is -2.16. The van der Waals surface area contributed by atoms with Crippen molar-refractivity contribution >= 4 is 23.4 Å². The lowest BCUT2D eigenvalue weighted by atomic mass is 10.3. The van der Waals surface area contributed by atoms with Crippen LogP contribution in [0.25, 0.3) is 0 Å². The van der Waals surface area contributed by atoms with Gasteiger partial charge in [0.05, 0.1) is 0 Å². The molecule has 0 aliphatic heterocycles. The van der Waals surface area contributed by atoms with Gasteiger partial charge in [-0.25, -0.2) is 0 Å². The minimum atomic E-state index is 0.0454. The zero-order chi connectivity index (χ0) is 13.1. The minimum Gasteiger partial charge on any atom is -0.290 e. The largest absolute Gasteiger partial charge is 0.290 e. The van der Waals surface area contributed by atoms with Gasteiger partial charge in [-0.2, -0.15) is 0 Å². The quantitative estimate of drug-likeness (QED) is 0.806. The Hall–Kier alpha value is -1.13. The molecule has 1 aromatic carbocycles. The zero-order valence-corrected chi connectivity index (χ0v) is 12.0. The van der Waals surface area contributed by atoms with Gasteiger partial charge >= 0.3 is 0 Å². The summed E-state index contributed by atoms with van der Waals surface area (Å²) in [7, 11) is 3.68. The van der Waals surface area contributed by atoms with Crippen LogP contribution in [-0.4, -0.2) is 15.1 Å². The van der Waals surface area contributed by atoms with Crippen LogP contribution < -0.4 is 5.56 Å². The van der Waals surface area contributed by atoms with Crippen LogP contribution in [0.4, 0.5) is 0 Å². The van der Waals surface area contributed by atoms with E-state index in [9.17, 15) is 4.79 Å². The molecular weight excluding hydrogens is 268 g/mol. The highest BCUT2D eigenvalue weighted by Gasteiger charge is 2.04. The van der Waals surface area contributed by atoms with Crippen molar-refractivity contribution in [2.45, 2.75) is 11.3 Å². The number of hydrogen-bond acceptors (Lipinski definition) is 2. The van der Waals surface area contributed by atoms with E-state index < -0.39 is 0 Å². The molecule has 1 aromatic heterocycles. The van der Waals surface area contributed by atoms with Gasteiger partial charge in [-0.05, 0) is 30.7 Å². The fourth-order valence-corrected chi connectivity index (χ4v) is 2.71. The van der Waals surface area contributed by atoms with E-state index in [0.29, 0.717) is 0 Å². The van der Waals surface area contributed by atoms with Crippen molar-refractivity contribution < 1.29 is 0 Å². The molecule has 0 saturated heterocycles. The van der Waals surface area contributed by atoms with Gasteiger partial charge in [0.15, 0.2) is 0 Å². The van der Waals surface area contributed by atoms with Crippen molar-refractivity contribution in [1.29, 1.82) is 0 Å². The molecule has 18 heavy (non-hydrogen) atoms. The summed E-state index contributed by atoms with van der Waals surface area (Å²) in [5.41, 5.74) is 1.10. The summed E-state index contributed by atoms with van der Waals surface area (Å²) in [5, 5.41) is 0.754. The number of aryl methyl sites for hydroxylation is 1. The molecule has 2 rings (SSSR count). The van der Waals surface area contributed by atoms with Gasteiger partial charge in [-0.3, -0.25) is 14.2 Å². The fraction of sp³-hybridized carbons (Fsp3) is 0.308. The van der Waals surface area contributed by atoms with E-state index >= 15 is 0 Å². The Labute approximate surface area is 115 Å². The Morgan fingerprint density at radius 2 is 1.83 bits per heavy atom. The molecule has 5 heteroatoms. The van der Waals surface area contributed by atoms with E-state index in [0.717, 1.165) is 22.9 Å². The second kappa shape index (κ2) is 5.67. The van der Waals surface area contributed by atoms with E-state index in [-0.39, 0.29) is 5.56 Å². The van der Waals surface area contributed by atoms with Gasteiger partial charge in [0.25, 0.3) is 5.56 Å². The maximum Gasteiger partial charge on any atom is 0.266 e. The topological polar surface area (TPSA) is 26.9 Å². The number of hydrogen-bond donors (Lipinski definition) is 0. The third-order valence-corrected chi connectivity index (χ3v) is 4.18. The second-order valence-electron chi connectivity index (χ2n) is 4.07. The summed E-state index contributed by atoms with van der Waals surface area (Å²) in [6, 6.07) is 9.50. The predicted octanol–water partition coefficient (Wildman–Crippen LogP) is 2.71. The van der Waals surface area contributed by atoms with Gasteiger partial charge in [-0.15, -0.1) is 11.8 Å². The molecule has 0 atom stereocenters. The average molecular weight is 283 g/mol. The molecule has 0 N–H and O–H groups in total. The lowest BCUT2D eigenvalue weighted by molar-refractivity contribution is 0.559. The second-order valence-corrected chi connectivity index (χ2v) is 5.68. The first kappa shape index (κ1) is 13.3. The average Bonchev–Trinajstić information content (AvgIpc) is 2.60. The first-order chi connectivity index (χ1) is 8.58. The van der Waals surface area contributed by atoms with Gasteiger partial charge in [-0.1, -0.05) is 11.6 Å². The summed E-state index contributed by atoms with van der Waals surface area (Å²) in [4.78, 5) is 12.6. The highest BCUT2D eigenvalue weighted by molar-refractivity contribution is 7.99. The maximum absolute atomic E-state index is 11.5. The maximum atomic E-state index is 11.5. The molecule has 2 aromatic rings. The first-order valence-corrected chi connectivity index (χ1v) is 7.04. The number of rotatable bonds is 4. The standard InChI is InChI=1S/C13H15ClN2OS/c1-15-11(9-13(17)16(15)2)7-8-18-12-5-3-10(14)4-6-12/h3-6,9H,7-8H2,1-2H3. The molecule has 0 radical (unpaired) electrons.